The fourth-order valence-electron chi connectivity index (χ4n) is 2.37. The van der Waals surface area contributed by atoms with Crippen molar-refractivity contribution in [2.75, 3.05) is 32.2 Å². The van der Waals surface area contributed by atoms with Gasteiger partial charge in [0.1, 0.15) is 15.7 Å². The van der Waals surface area contributed by atoms with Gasteiger partial charge in [-0.05, 0) is 31.2 Å². The summed E-state index contributed by atoms with van der Waals surface area (Å²) in [6.07, 6.45) is 0. The van der Waals surface area contributed by atoms with Gasteiger partial charge in [-0.15, -0.1) is 11.3 Å². The number of amides is 1. The predicted octanol–water partition coefficient (Wildman–Crippen LogP) is 2.41. The Morgan fingerprint density at radius 2 is 1.92 bits per heavy atom. The Balaban J connectivity index is 2.16. The van der Waals surface area contributed by atoms with Crippen LogP contribution < -0.4 is 19.1 Å². The van der Waals surface area contributed by atoms with Crippen LogP contribution in [0.2, 0.25) is 0 Å². The van der Waals surface area contributed by atoms with Crippen LogP contribution in [0.5, 0.6) is 11.5 Å². The van der Waals surface area contributed by atoms with Gasteiger partial charge < -0.3 is 14.4 Å². The third kappa shape index (κ3) is 4.75. The van der Waals surface area contributed by atoms with Gasteiger partial charge in [0.15, 0.2) is 0 Å². The number of nitrogens with one attached hydrogen (secondary N) is 1. The zero-order chi connectivity index (χ0) is 19.3. The Hall–Kier alpha value is -2.10. The standard InChI is InChI=1S/C17H22N2O5S2/c1-12-5-8-17(25-12)26(21,22)18-9-10-19(13(2)20)15-11-14(23-3)6-7-16(15)24-4/h5-8,11,18H,9-10H2,1-4H3. The van der Waals surface area contributed by atoms with Crippen LogP contribution in [0, 0.1) is 6.92 Å². The van der Waals surface area contributed by atoms with Crippen LogP contribution in [-0.4, -0.2) is 41.6 Å². The van der Waals surface area contributed by atoms with Crippen LogP contribution in [0.15, 0.2) is 34.5 Å². The monoisotopic (exact) mass is 398 g/mol. The number of nitrogens with zero attached hydrogens (tertiary/aromatic N) is 1. The van der Waals surface area contributed by atoms with Crippen molar-refractivity contribution in [3.63, 3.8) is 0 Å². The van der Waals surface area contributed by atoms with Crippen molar-refractivity contribution in [1.29, 1.82) is 0 Å². The highest BCUT2D eigenvalue weighted by atomic mass is 32.2. The third-order valence-electron chi connectivity index (χ3n) is 3.66. The topological polar surface area (TPSA) is 84.9 Å². The molecule has 2 aromatic rings. The van der Waals surface area contributed by atoms with Crippen LogP contribution in [-0.2, 0) is 14.8 Å². The summed E-state index contributed by atoms with van der Waals surface area (Å²) < 4.78 is 37.9. The maximum absolute atomic E-state index is 12.3. The van der Waals surface area contributed by atoms with Crippen molar-refractivity contribution >= 4 is 33.0 Å². The number of methoxy groups -OCH3 is 2. The first kappa shape index (κ1) is 20.2. The van der Waals surface area contributed by atoms with Gasteiger partial charge in [-0.3, -0.25) is 4.79 Å². The summed E-state index contributed by atoms with van der Waals surface area (Å²) in [6, 6.07) is 8.42. The number of ether oxygens (including phenoxy) is 2. The SMILES string of the molecule is COc1ccc(OC)c(N(CCNS(=O)(=O)c2ccc(C)s2)C(C)=O)c1. The van der Waals surface area contributed by atoms with Gasteiger partial charge in [0.2, 0.25) is 15.9 Å². The molecule has 1 aromatic carbocycles. The molecule has 1 N–H and O–H groups in total. The lowest BCUT2D eigenvalue weighted by molar-refractivity contribution is -0.116. The first-order valence-electron chi connectivity index (χ1n) is 7.84. The molecule has 2 rings (SSSR count). The van der Waals surface area contributed by atoms with Gasteiger partial charge in [-0.25, -0.2) is 13.1 Å². The number of carbonyl (C=O) groups is 1. The molecule has 1 aromatic heterocycles. The number of anilines is 1. The summed E-state index contributed by atoms with van der Waals surface area (Å²) in [5, 5.41) is 0. The molecule has 0 aliphatic rings. The summed E-state index contributed by atoms with van der Waals surface area (Å²) in [7, 11) is -0.563. The zero-order valence-electron chi connectivity index (χ0n) is 15.1. The van der Waals surface area contributed by atoms with E-state index >= 15 is 0 Å². The molecule has 0 aliphatic carbocycles. The molecule has 1 amide bonds. The lowest BCUT2D eigenvalue weighted by Crippen LogP contribution is -2.37. The minimum atomic E-state index is -3.60. The normalized spacial score (nSPS) is 11.2. The van der Waals surface area contributed by atoms with Crippen LogP contribution in [0.25, 0.3) is 0 Å². The quantitative estimate of drug-likeness (QED) is 0.738. The summed E-state index contributed by atoms with van der Waals surface area (Å²) in [5.74, 6) is 0.835. The molecule has 26 heavy (non-hydrogen) atoms. The fourth-order valence-corrected chi connectivity index (χ4v) is 4.72. The summed E-state index contributed by atoms with van der Waals surface area (Å²) in [4.78, 5) is 14.5. The highest BCUT2D eigenvalue weighted by molar-refractivity contribution is 7.91. The smallest absolute Gasteiger partial charge is 0.250 e. The van der Waals surface area contributed by atoms with Crippen molar-refractivity contribution in [3.8, 4) is 11.5 Å². The highest BCUT2D eigenvalue weighted by Gasteiger charge is 2.20. The maximum atomic E-state index is 12.3. The van der Waals surface area contributed by atoms with Crippen molar-refractivity contribution < 1.29 is 22.7 Å². The molecular formula is C17H22N2O5S2. The van der Waals surface area contributed by atoms with Gasteiger partial charge in [-0.1, -0.05) is 0 Å². The van der Waals surface area contributed by atoms with Gasteiger partial charge >= 0.3 is 0 Å². The number of rotatable bonds is 8. The van der Waals surface area contributed by atoms with Crippen molar-refractivity contribution in [1.82, 2.24) is 4.72 Å². The molecule has 0 atom stereocenters. The Bertz CT molecular complexity index is 877. The largest absolute Gasteiger partial charge is 0.497 e. The molecule has 0 bridgehead atoms. The first-order valence-corrected chi connectivity index (χ1v) is 10.1. The number of hydrogen-bond acceptors (Lipinski definition) is 6. The van der Waals surface area contributed by atoms with E-state index in [2.05, 4.69) is 4.72 Å². The van der Waals surface area contributed by atoms with E-state index in [1.54, 1.807) is 30.3 Å². The highest BCUT2D eigenvalue weighted by Crippen LogP contribution is 2.32. The number of hydrogen-bond donors (Lipinski definition) is 1. The number of sulfonamides is 1. The molecule has 0 fully saturated rings. The lowest BCUT2D eigenvalue weighted by Gasteiger charge is -2.24. The van der Waals surface area contributed by atoms with E-state index < -0.39 is 10.0 Å². The molecule has 0 saturated heterocycles. The van der Waals surface area contributed by atoms with E-state index in [0.717, 1.165) is 4.88 Å². The second kappa shape index (κ2) is 8.52. The zero-order valence-corrected chi connectivity index (χ0v) is 16.7. The average Bonchev–Trinajstić information content (AvgIpc) is 3.05. The summed E-state index contributed by atoms with van der Waals surface area (Å²) >= 11 is 1.20. The molecule has 0 aliphatic heterocycles. The van der Waals surface area contributed by atoms with Crippen molar-refractivity contribution in [2.45, 2.75) is 18.1 Å². The maximum Gasteiger partial charge on any atom is 0.250 e. The average molecular weight is 399 g/mol. The van der Waals surface area contributed by atoms with Gasteiger partial charge in [0.25, 0.3) is 0 Å². The van der Waals surface area contributed by atoms with Gasteiger partial charge in [-0.2, -0.15) is 0 Å². The summed E-state index contributed by atoms with van der Waals surface area (Å²) in [6.45, 7) is 3.48. The second-order valence-electron chi connectivity index (χ2n) is 5.47. The molecule has 0 spiro atoms. The first-order chi connectivity index (χ1) is 12.3. The fraction of sp³-hybridized carbons (Fsp3) is 0.353. The number of benzene rings is 1. The molecule has 1 heterocycles. The predicted molar refractivity (Wildman–Crippen MR) is 102 cm³/mol. The van der Waals surface area contributed by atoms with E-state index in [9.17, 15) is 13.2 Å². The van der Waals surface area contributed by atoms with Crippen LogP contribution in [0.4, 0.5) is 5.69 Å². The van der Waals surface area contributed by atoms with E-state index in [0.29, 0.717) is 17.2 Å². The molecule has 9 heteroatoms. The van der Waals surface area contributed by atoms with Crippen molar-refractivity contribution in [2.24, 2.45) is 0 Å². The second-order valence-corrected chi connectivity index (χ2v) is 8.75. The Morgan fingerprint density at radius 1 is 1.19 bits per heavy atom. The van der Waals surface area contributed by atoms with E-state index in [1.807, 2.05) is 6.92 Å². The number of aryl methyl sites for hydroxylation is 1. The van der Waals surface area contributed by atoms with E-state index in [4.69, 9.17) is 9.47 Å². The minimum absolute atomic E-state index is 0.0687. The van der Waals surface area contributed by atoms with Crippen LogP contribution in [0.1, 0.15) is 11.8 Å². The Kier molecular flexibility index (Phi) is 6.63. The van der Waals surface area contributed by atoms with Crippen LogP contribution >= 0.6 is 11.3 Å². The molecule has 7 nitrogen and oxygen atoms in total. The van der Waals surface area contributed by atoms with Gasteiger partial charge in [0.05, 0.1) is 19.9 Å². The van der Waals surface area contributed by atoms with Crippen molar-refractivity contribution in [3.05, 3.63) is 35.2 Å². The minimum Gasteiger partial charge on any atom is -0.497 e. The van der Waals surface area contributed by atoms with E-state index in [1.165, 1.54) is 37.4 Å². The van der Waals surface area contributed by atoms with E-state index in [-0.39, 0.29) is 23.2 Å². The molecule has 142 valence electrons. The molecule has 0 unspecified atom stereocenters. The number of thiophene rings is 1. The third-order valence-corrected chi connectivity index (χ3v) is 6.62. The Morgan fingerprint density at radius 3 is 2.46 bits per heavy atom. The molecule has 0 radical (unpaired) electrons. The molecular weight excluding hydrogens is 376 g/mol. The van der Waals surface area contributed by atoms with Gasteiger partial charge in [0, 0.05) is 31.0 Å². The lowest BCUT2D eigenvalue weighted by atomic mass is 10.2. The van der Waals surface area contributed by atoms with Crippen LogP contribution in [0.3, 0.4) is 0 Å². The Labute approximate surface area is 157 Å². The molecule has 0 saturated carbocycles. The summed E-state index contributed by atoms with van der Waals surface area (Å²) in [5.41, 5.74) is 0.519. The number of carbonyl (C=O) groups excluding carboxylic acids is 1.